The molecule has 0 heterocycles. The zero-order valence-electron chi connectivity index (χ0n) is 12.6. The van der Waals surface area contributed by atoms with Crippen molar-refractivity contribution >= 4 is 5.91 Å². The molecule has 2 atom stereocenters. The molecular weight excluding hydrogens is 271 g/mol. The monoisotopic (exact) mass is 292 g/mol. The number of ether oxygens (including phenoxy) is 1. The number of benzene rings is 1. The van der Waals surface area contributed by atoms with E-state index in [0.717, 1.165) is 6.54 Å². The number of nitrogens with one attached hydrogen (secondary N) is 2. The normalized spacial score (nSPS) is 13.1. The maximum atomic E-state index is 13.4. The van der Waals surface area contributed by atoms with E-state index in [9.17, 15) is 9.18 Å². The summed E-state index contributed by atoms with van der Waals surface area (Å²) in [5.41, 5.74) is 0.674. The van der Waals surface area contributed by atoms with Crippen molar-refractivity contribution in [3.8, 4) is 18.1 Å². The Morgan fingerprint density at radius 3 is 2.81 bits per heavy atom. The second kappa shape index (κ2) is 8.28. The standard InChI is InChI=1S/C16H21FN2O2/c1-5-9-19-16(20)12(4)21-15-8-7-13(17)10-14(15)11(3)18-6-2/h1,7-8,10-12,18H,6,9H2,2-4H3,(H,19,20). The predicted octanol–water partition coefficient (Wildman–Crippen LogP) is 2.01. The lowest BCUT2D eigenvalue weighted by molar-refractivity contribution is -0.127. The fourth-order valence-corrected chi connectivity index (χ4v) is 1.91. The van der Waals surface area contributed by atoms with Crippen molar-refractivity contribution in [1.29, 1.82) is 0 Å². The highest BCUT2D eigenvalue weighted by Crippen LogP contribution is 2.27. The molecule has 0 aromatic heterocycles. The van der Waals surface area contributed by atoms with Gasteiger partial charge in [0.05, 0.1) is 6.54 Å². The summed E-state index contributed by atoms with van der Waals surface area (Å²) in [5, 5.41) is 5.74. The van der Waals surface area contributed by atoms with Gasteiger partial charge in [-0.15, -0.1) is 6.42 Å². The molecule has 1 amide bonds. The molecule has 0 aliphatic carbocycles. The van der Waals surface area contributed by atoms with Gasteiger partial charge >= 0.3 is 0 Å². The van der Waals surface area contributed by atoms with E-state index in [1.54, 1.807) is 6.92 Å². The molecule has 4 nitrogen and oxygen atoms in total. The van der Waals surface area contributed by atoms with Crippen LogP contribution in [0, 0.1) is 18.2 Å². The lowest BCUT2D eigenvalue weighted by Gasteiger charge is -2.20. The van der Waals surface area contributed by atoms with Gasteiger partial charge in [0.15, 0.2) is 6.10 Å². The quantitative estimate of drug-likeness (QED) is 0.756. The number of hydrogen-bond donors (Lipinski definition) is 2. The molecule has 0 saturated carbocycles. The van der Waals surface area contributed by atoms with E-state index in [1.807, 2.05) is 13.8 Å². The van der Waals surface area contributed by atoms with Crippen LogP contribution in [0.2, 0.25) is 0 Å². The van der Waals surface area contributed by atoms with Gasteiger partial charge in [0.25, 0.3) is 5.91 Å². The first-order chi connectivity index (χ1) is 9.99. The van der Waals surface area contributed by atoms with Crippen LogP contribution in [-0.4, -0.2) is 25.1 Å². The van der Waals surface area contributed by atoms with Crippen LogP contribution < -0.4 is 15.4 Å². The summed E-state index contributed by atoms with van der Waals surface area (Å²) >= 11 is 0. The van der Waals surface area contributed by atoms with Gasteiger partial charge in [-0.1, -0.05) is 12.8 Å². The third-order valence-corrected chi connectivity index (χ3v) is 2.99. The Kier molecular flexibility index (Phi) is 6.70. The molecule has 5 heteroatoms. The second-order valence-corrected chi connectivity index (χ2v) is 4.64. The first kappa shape index (κ1) is 17.0. The van der Waals surface area contributed by atoms with Crippen LogP contribution in [0.15, 0.2) is 18.2 Å². The van der Waals surface area contributed by atoms with Crippen molar-refractivity contribution in [2.75, 3.05) is 13.1 Å². The Bertz CT molecular complexity index is 525. The van der Waals surface area contributed by atoms with E-state index in [2.05, 4.69) is 16.6 Å². The fourth-order valence-electron chi connectivity index (χ4n) is 1.91. The summed E-state index contributed by atoms with van der Waals surface area (Å²) in [6.07, 6.45) is 4.38. The minimum Gasteiger partial charge on any atom is -0.481 e. The predicted molar refractivity (Wildman–Crippen MR) is 80.4 cm³/mol. The Morgan fingerprint density at radius 2 is 2.19 bits per heavy atom. The van der Waals surface area contributed by atoms with E-state index in [4.69, 9.17) is 11.2 Å². The zero-order chi connectivity index (χ0) is 15.8. The maximum Gasteiger partial charge on any atom is 0.261 e. The van der Waals surface area contributed by atoms with E-state index in [0.29, 0.717) is 11.3 Å². The summed E-state index contributed by atoms with van der Waals surface area (Å²) in [4.78, 5) is 11.8. The highest BCUT2D eigenvalue weighted by Gasteiger charge is 2.18. The van der Waals surface area contributed by atoms with Gasteiger partial charge in [-0.3, -0.25) is 4.79 Å². The van der Waals surface area contributed by atoms with Crippen LogP contribution in [-0.2, 0) is 4.79 Å². The number of hydrogen-bond acceptors (Lipinski definition) is 3. The SMILES string of the molecule is C#CCNC(=O)C(C)Oc1ccc(F)cc1C(C)NCC. The molecule has 0 fully saturated rings. The van der Waals surface area contributed by atoms with E-state index in [1.165, 1.54) is 18.2 Å². The summed E-state index contributed by atoms with van der Waals surface area (Å²) in [6.45, 7) is 6.39. The number of amides is 1. The van der Waals surface area contributed by atoms with Gasteiger partial charge in [-0.2, -0.15) is 0 Å². The molecule has 0 aliphatic heterocycles. The average Bonchev–Trinajstić information content (AvgIpc) is 2.46. The lowest BCUT2D eigenvalue weighted by Crippen LogP contribution is -2.36. The van der Waals surface area contributed by atoms with Crippen LogP contribution in [0.5, 0.6) is 5.75 Å². The number of terminal acetylenes is 1. The Hall–Kier alpha value is -2.06. The smallest absolute Gasteiger partial charge is 0.261 e. The molecule has 2 N–H and O–H groups in total. The van der Waals surface area contributed by atoms with Crippen molar-refractivity contribution in [3.63, 3.8) is 0 Å². The van der Waals surface area contributed by atoms with E-state index in [-0.39, 0.29) is 24.3 Å². The topological polar surface area (TPSA) is 50.4 Å². The van der Waals surface area contributed by atoms with Crippen molar-refractivity contribution in [2.45, 2.75) is 32.9 Å². The van der Waals surface area contributed by atoms with Gasteiger partial charge in [-0.05, 0) is 38.6 Å². The van der Waals surface area contributed by atoms with Crippen LogP contribution in [0.4, 0.5) is 4.39 Å². The minimum absolute atomic E-state index is 0.0818. The number of carbonyl (C=O) groups excluding carboxylic acids is 1. The Balaban J connectivity index is 2.87. The van der Waals surface area contributed by atoms with Crippen LogP contribution in [0.1, 0.15) is 32.4 Å². The van der Waals surface area contributed by atoms with Crippen molar-refractivity contribution < 1.29 is 13.9 Å². The summed E-state index contributed by atoms with van der Waals surface area (Å²) < 4.78 is 19.1. The summed E-state index contributed by atoms with van der Waals surface area (Å²) in [7, 11) is 0. The first-order valence-corrected chi connectivity index (χ1v) is 6.90. The van der Waals surface area contributed by atoms with Gasteiger partial charge in [0.1, 0.15) is 11.6 Å². The molecule has 1 rings (SSSR count). The minimum atomic E-state index is -0.712. The first-order valence-electron chi connectivity index (χ1n) is 6.90. The Morgan fingerprint density at radius 1 is 1.48 bits per heavy atom. The highest BCUT2D eigenvalue weighted by atomic mass is 19.1. The zero-order valence-corrected chi connectivity index (χ0v) is 12.6. The number of carbonyl (C=O) groups is 1. The summed E-state index contributed by atoms with van der Waals surface area (Å²) in [6, 6.07) is 4.17. The van der Waals surface area contributed by atoms with Gasteiger partial charge in [0.2, 0.25) is 0 Å². The number of halogens is 1. The van der Waals surface area contributed by atoms with Crippen molar-refractivity contribution in [3.05, 3.63) is 29.6 Å². The van der Waals surface area contributed by atoms with Crippen molar-refractivity contribution in [2.24, 2.45) is 0 Å². The molecule has 0 spiro atoms. The van der Waals surface area contributed by atoms with Crippen LogP contribution in [0.3, 0.4) is 0 Å². The van der Waals surface area contributed by atoms with Gasteiger partial charge in [0, 0.05) is 11.6 Å². The third kappa shape index (κ3) is 5.09. The van der Waals surface area contributed by atoms with Crippen LogP contribution in [0.25, 0.3) is 0 Å². The third-order valence-electron chi connectivity index (χ3n) is 2.99. The van der Waals surface area contributed by atoms with E-state index >= 15 is 0 Å². The molecule has 1 aromatic rings. The molecule has 0 bridgehead atoms. The van der Waals surface area contributed by atoms with E-state index < -0.39 is 6.10 Å². The number of rotatable bonds is 7. The van der Waals surface area contributed by atoms with Crippen molar-refractivity contribution in [1.82, 2.24) is 10.6 Å². The Labute approximate surface area is 125 Å². The average molecular weight is 292 g/mol. The van der Waals surface area contributed by atoms with Crippen LogP contribution >= 0.6 is 0 Å². The lowest BCUT2D eigenvalue weighted by atomic mass is 10.1. The molecule has 0 radical (unpaired) electrons. The second-order valence-electron chi connectivity index (χ2n) is 4.64. The fraction of sp³-hybridized carbons (Fsp3) is 0.438. The van der Waals surface area contributed by atoms with Gasteiger partial charge in [-0.25, -0.2) is 4.39 Å². The summed E-state index contributed by atoms with van der Waals surface area (Å²) in [5.74, 6) is 2.16. The molecular formula is C16H21FN2O2. The molecule has 114 valence electrons. The largest absolute Gasteiger partial charge is 0.481 e. The molecule has 0 aliphatic rings. The molecule has 0 saturated heterocycles. The molecule has 1 aromatic carbocycles. The molecule has 21 heavy (non-hydrogen) atoms. The van der Waals surface area contributed by atoms with Gasteiger partial charge < -0.3 is 15.4 Å². The maximum absolute atomic E-state index is 13.4. The highest BCUT2D eigenvalue weighted by molar-refractivity contribution is 5.80. The molecule has 2 unspecified atom stereocenters.